The first kappa shape index (κ1) is 16.6. The average molecular weight is 318 g/mol. The van der Waals surface area contributed by atoms with E-state index in [1.807, 2.05) is 0 Å². The molecule has 7 nitrogen and oxygen atoms in total. The van der Waals surface area contributed by atoms with E-state index in [-0.39, 0.29) is 12.1 Å². The molecular weight excluding hydrogens is 300 g/mol. The number of benzene rings is 1. The van der Waals surface area contributed by atoms with Crippen LogP contribution in [0, 0.1) is 0 Å². The Balaban J connectivity index is 2.10. The molecule has 122 valence electrons. The zero-order valence-corrected chi connectivity index (χ0v) is 12.8. The predicted octanol–water partition coefficient (Wildman–Crippen LogP) is 0.855. The summed E-state index contributed by atoms with van der Waals surface area (Å²) in [4.78, 5) is 25.9. The second-order valence-corrected chi connectivity index (χ2v) is 4.75. The van der Waals surface area contributed by atoms with Gasteiger partial charge in [0.1, 0.15) is 23.2 Å². The lowest BCUT2D eigenvalue weighted by Crippen LogP contribution is -2.32. The molecule has 0 fully saturated rings. The molecule has 0 saturated heterocycles. The van der Waals surface area contributed by atoms with E-state index in [0.29, 0.717) is 17.1 Å². The number of aromatic amines is 1. The molecule has 0 aliphatic rings. The molecule has 1 heterocycles. The second kappa shape index (κ2) is 7.46. The zero-order chi connectivity index (χ0) is 16.8. The number of ether oxygens (including phenoxy) is 2. The van der Waals surface area contributed by atoms with Gasteiger partial charge in [-0.2, -0.15) is 0 Å². The second-order valence-electron chi connectivity index (χ2n) is 4.75. The number of aromatic nitrogens is 1. The van der Waals surface area contributed by atoms with Crippen molar-refractivity contribution in [1.82, 2.24) is 10.3 Å². The van der Waals surface area contributed by atoms with Gasteiger partial charge >= 0.3 is 0 Å². The van der Waals surface area contributed by atoms with E-state index in [1.54, 1.807) is 24.3 Å². The number of hydrogen-bond donors (Lipinski definition) is 3. The molecule has 0 spiro atoms. The van der Waals surface area contributed by atoms with Crippen LogP contribution in [0.5, 0.6) is 11.5 Å². The van der Waals surface area contributed by atoms with Crippen LogP contribution in [0.25, 0.3) is 0 Å². The Morgan fingerprint density at radius 3 is 2.74 bits per heavy atom. The van der Waals surface area contributed by atoms with Crippen molar-refractivity contribution in [2.45, 2.75) is 6.10 Å². The summed E-state index contributed by atoms with van der Waals surface area (Å²) in [5, 5.41) is 12.8. The van der Waals surface area contributed by atoms with Crippen molar-refractivity contribution in [2.24, 2.45) is 0 Å². The van der Waals surface area contributed by atoms with Crippen molar-refractivity contribution in [1.29, 1.82) is 0 Å². The molecule has 0 aliphatic heterocycles. The van der Waals surface area contributed by atoms with E-state index in [1.165, 1.54) is 26.5 Å². The van der Waals surface area contributed by atoms with Crippen molar-refractivity contribution in [3.63, 3.8) is 0 Å². The van der Waals surface area contributed by atoms with Crippen LogP contribution in [0.1, 0.15) is 22.0 Å². The number of pyridine rings is 1. The number of aliphatic hydroxyl groups excluding tert-OH is 1. The Morgan fingerprint density at radius 1 is 1.30 bits per heavy atom. The third kappa shape index (κ3) is 3.89. The van der Waals surface area contributed by atoms with Gasteiger partial charge in [0.05, 0.1) is 14.2 Å². The lowest BCUT2D eigenvalue weighted by Gasteiger charge is -2.16. The molecule has 23 heavy (non-hydrogen) atoms. The number of rotatable bonds is 6. The summed E-state index contributed by atoms with van der Waals surface area (Å²) in [6.07, 6.45) is 0.432. The van der Waals surface area contributed by atoms with Gasteiger partial charge in [0.25, 0.3) is 11.5 Å². The van der Waals surface area contributed by atoms with Crippen LogP contribution in [0.15, 0.2) is 41.3 Å². The minimum atomic E-state index is -1.01. The quantitative estimate of drug-likeness (QED) is 0.733. The summed E-state index contributed by atoms with van der Waals surface area (Å²) in [6.45, 7) is -0.0727. The molecule has 0 aliphatic carbocycles. The van der Waals surface area contributed by atoms with E-state index in [0.717, 1.165) is 0 Å². The highest BCUT2D eigenvalue weighted by Gasteiger charge is 2.17. The molecule has 1 atom stereocenters. The SMILES string of the molecule is COc1ccc(OC)c([C@@H](O)CNC(=O)c2ccc[nH]c2=O)c1. The molecule has 1 aromatic carbocycles. The summed E-state index contributed by atoms with van der Waals surface area (Å²) in [6, 6.07) is 7.97. The van der Waals surface area contributed by atoms with Gasteiger partial charge in [-0.3, -0.25) is 9.59 Å². The van der Waals surface area contributed by atoms with Gasteiger partial charge in [-0.25, -0.2) is 0 Å². The zero-order valence-electron chi connectivity index (χ0n) is 12.8. The maximum atomic E-state index is 12.0. The van der Waals surface area contributed by atoms with Crippen LogP contribution in [0.2, 0.25) is 0 Å². The van der Waals surface area contributed by atoms with E-state index in [2.05, 4.69) is 10.3 Å². The van der Waals surface area contributed by atoms with E-state index in [4.69, 9.17) is 9.47 Å². The van der Waals surface area contributed by atoms with Gasteiger partial charge in [0.15, 0.2) is 0 Å². The fraction of sp³-hybridized carbons (Fsp3) is 0.250. The predicted molar refractivity (Wildman–Crippen MR) is 83.9 cm³/mol. The maximum absolute atomic E-state index is 12.0. The lowest BCUT2D eigenvalue weighted by atomic mass is 10.1. The molecule has 0 saturated carbocycles. The van der Waals surface area contributed by atoms with Gasteiger partial charge in [0, 0.05) is 18.3 Å². The highest BCUT2D eigenvalue weighted by atomic mass is 16.5. The van der Waals surface area contributed by atoms with Crippen LogP contribution < -0.4 is 20.3 Å². The number of carbonyl (C=O) groups is 1. The number of hydrogen-bond acceptors (Lipinski definition) is 5. The van der Waals surface area contributed by atoms with Crippen molar-refractivity contribution in [3.8, 4) is 11.5 Å². The smallest absolute Gasteiger partial charge is 0.260 e. The first-order chi connectivity index (χ1) is 11.1. The van der Waals surface area contributed by atoms with Crippen molar-refractivity contribution in [3.05, 3.63) is 58.0 Å². The van der Waals surface area contributed by atoms with Crippen LogP contribution in [-0.2, 0) is 0 Å². The third-order valence-corrected chi connectivity index (χ3v) is 3.31. The topological polar surface area (TPSA) is 101 Å². The Hall–Kier alpha value is -2.80. The average Bonchev–Trinajstić information content (AvgIpc) is 2.59. The summed E-state index contributed by atoms with van der Waals surface area (Å²) in [5.41, 5.74) is -0.0233. The van der Waals surface area contributed by atoms with Crippen LogP contribution in [0.4, 0.5) is 0 Å². The highest BCUT2D eigenvalue weighted by Crippen LogP contribution is 2.29. The maximum Gasteiger partial charge on any atom is 0.260 e. The molecule has 1 amide bonds. The molecule has 0 unspecified atom stereocenters. The molecule has 0 radical (unpaired) electrons. The summed E-state index contributed by atoms with van der Waals surface area (Å²) >= 11 is 0. The molecule has 7 heteroatoms. The molecule has 3 N–H and O–H groups in total. The Morgan fingerprint density at radius 2 is 2.09 bits per heavy atom. The number of methoxy groups -OCH3 is 2. The van der Waals surface area contributed by atoms with E-state index < -0.39 is 17.6 Å². The Labute approximate surface area is 132 Å². The molecule has 2 aromatic rings. The van der Waals surface area contributed by atoms with Gasteiger partial charge in [-0.1, -0.05) is 0 Å². The summed E-state index contributed by atoms with van der Waals surface area (Å²) in [7, 11) is 3.00. The monoisotopic (exact) mass is 318 g/mol. The molecule has 1 aromatic heterocycles. The molecular formula is C16H18N2O5. The first-order valence-corrected chi connectivity index (χ1v) is 6.92. The minimum absolute atomic E-state index is 0.0164. The van der Waals surface area contributed by atoms with Crippen molar-refractivity contribution < 1.29 is 19.4 Å². The van der Waals surface area contributed by atoms with Gasteiger partial charge in [-0.05, 0) is 30.3 Å². The van der Waals surface area contributed by atoms with Gasteiger partial charge < -0.3 is 24.9 Å². The van der Waals surface area contributed by atoms with E-state index >= 15 is 0 Å². The Kier molecular flexibility index (Phi) is 5.37. The molecule has 2 rings (SSSR count). The van der Waals surface area contributed by atoms with Crippen LogP contribution in [0.3, 0.4) is 0 Å². The fourth-order valence-electron chi connectivity index (χ4n) is 2.09. The van der Waals surface area contributed by atoms with Crippen molar-refractivity contribution >= 4 is 5.91 Å². The van der Waals surface area contributed by atoms with E-state index in [9.17, 15) is 14.7 Å². The largest absolute Gasteiger partial charge is 0.497 e. The fourth-order valence-corrected chi connectivity index (χ4v) is 2.09. The summed E-state index contributed by atoms with van der Waals surface area (Å²) in [5.74, 6) is 0.476. The minimum Gasteiger partial charge on any atom is -0.497 e. The molecule has 0 bridgehead atoms. The van der Waals surface area contributed by atoms with Gasteiger partial charge in [-0.15, -0.1) is 0 Å². The number of H-pyrrole nitrogens is 1. The summed E-state index contributed by atoms with van der Waals surface area (Å²) < 4.78 is 10.3. The lowest BCUT2D eigenvalue weighted by molar-refractivity contribution is 0.0913. The number of amides is 1. The normalized spacial score (nSPS) is 11.6. The number of aliphatic hydroxyl groups is 1. The number of carbonyl (C=O) groups excluding carboxylic acids is 1. The number of nitrogens with one attached hydrogen (secondary N) is 2. The van der Waals surface area contributed by atoms with Crippen molar-refractivity contribution in [2.75, 3.05) is 20.8 Å². The van der Waals surface area contributed by atoms with Gasteiger partial charge in [0.2, 0.25) is 0 Å². The highest BCUT2D eigenvalue weighted by molar-refractivity contribution is 5.93. The van der Waals surface area contributed by atoms with Crippen LogP contribution in [-0.4, -0.2) is 36.8 Å². The first-order valence-electron chi connectivity index (χ1n) is 6.92. The Bertz CT molecular complexity index is 741. The standard InChI is InChI=1S/C16H18N2O5/c1-22-10-5-6-14(23-2)12(8-10)13(19)9-18-16(21)11-4-3-7-17-15(11)20/h3-8,13,19H,9H2,1-2H3,(H,17,20)(H,18,21)/t13-/m0/s1. The van der Waals surface area contributed by atoms with Crippen LogP contribution >= 0.6 is 0 Å². The third-order valence-electron chi connectivity index (χ3n) is 3.31.